The summed E-state index contributed by atoms with van der Waals surface area (Å²) < 4.78 is 0. The summed E-state index contributed by atoms with van der Waals surface area (Å²) in [5, 5.41) is 10.3. The maximum absolute atomic E-state index is 9.00. The number of carboxylic acids is 1. The Bertz CT molecular complexity index is 731. The quantitative estimate of drug-likeness (QED) is 0.264. The van der Waals surface area contributed by atoms with Crippen LogP contribution in [0.5, 0.6) is 0 Å². The van der Waals surface area contributed by atoms with Gasteiger partial charge in [-0.1, -0.05) is 127 Å². The molecule has 0 amide bonds. The fraction of sp³-hybridized carbons (Fsp3) is 0.633. The second-order valence-corrected chi connectivity index (χ2v) is 9.19. The van der Waals surface area contributed by atoms with Gasteiger partial charge in [-0.15, -0.1) is 0 Å². The Kier molecular flexibility index (Phi) is 16.5. The summed E-state index contributed by atoms with van der Waals surface area (Å²) in [5.41, 5.74) is 3.27. The molecule has 180 valence electrons. The van der Waals surface area contributed by atoms with E-state index >= 15 is 0 Å². The minimum absolute atomic E-state index is 0.833. The molecule has 32 heavy (non-hydrogen) atoms. The highest BCUT2D eigenvalue weighted by Crippen LogP contribution is 2.26. The zero-order valence-electron chi connectivity index (χ0n) is 21.1. The smallest absolute Gasteiger partial charge is 0.300 e. The molecule has 1 N–H and O–H groups in total. The Morgan fingerprint density at radius 3 is 1.69 bits per heavy atom. The molecule has 2 rings (SSSR count). The van der Waals surface area contributed by atoms with E-state index in [1.54, 1.807) is 11.1 Å². The topological polar surface area (TPSA) is 37.3 Å². The van der Waals surface area contributed by atoms with Crippen molar-refractivity contribution in [3.8, 4) is 0 Å². The van der Waals surface area contributed by atoms with Gasteiger partial charge in [0.25, 0.3) is 5.97 Å². The average Bonchev–Trinajstić information content (AvgIpc) is 2.78. The van der Waals surface area contributed by atoms with Crippen LogP contribution in [0, 0.1) is 0 Å². The van der Waals surface area contributed by atoms with Gasteiger partial charge in [0.1, 0.15) is 0 Å². The zero-order valence-corrected chi connectivity index (χ0v) is 21.1. The third-order valence-corrected chi connectivity index (χ3v) is 6.22. The second kappa shape index (κ2) is 18.7. The number of carbonyl (C=O) groups is 1. The van der Waals surface area contributed by atoms with Crippen LogP contribution in [0.1, 0.15) is 122 Å². The summed E-state index contributed by atoms with van der Waals surface area (Å²) in [6.45, 7) is 5.68. The Morgan fingerprint density at radius 1 is 0.656 bits per heavy atom. The number of aryl methyl sites for hydroxylation is 2. The first-order chi connectivity index (χ1) is 15.6. The molecule has 0 aliphatic rings. The molecule has 0 atom stereocenters. The molecule has 0 spiro atoms. The number of fused-ring (bicyclic) bond motifs is 1. The maximum Gasteiger partial charge on any atom is 0.300 e. The van der Waals surface area contributed by atoms with Gasteiger partial charge in [-0.3, -0.25) is 4.79 Å². The fourth-order valence-electron chi connectivity index (χ4n) is 4.44. The molecule has 2 aromatic rings. The van der Waals surface area contributed by atoms with Crippen molar-refractivity contribution in [1.29, 1.82) is 0 Å². The third-order valence-electron chi connectivity index (χ3n) is 6.22. The van der Waals surface area contributed by atoms with Crippen LogP contribution in [-0.4, -0.2) is 11.1 Å². The standard InChI is InChI=1S/C28H44.C2H4O2/c1-3-5-7-9-11-13-15-19-25-23-24-26-20-17-18-22-28(26)27(25)21-16-14-12-10-8-6-4-2;1-2(3)4/h17-18,20,22-24H,3-16,19,21H2,1-2H3;1H3,(H,3,4). The molecule has 0 aliphatic carbocycles. The maximum atomic E-state index is 9.00. The summed E-state index contributed by atoms with van der Waals surface area (Å²) in [4.78, 5) is 9.00. The fourth-order valence-corrected chi connectivity index (χ4v) is 4.44. The van der Waals surface area contributed by atoms with Crippen LogP contribution < -0.4 is 0 Å². The lowest BCUT2D eigenvalue weighted by molar-refractivity contribution is -0.134. The number of benzene rings is 2. The van der Waals surface area contributed by atoms with E-state index in [-0.39, 0.29) is 0 Å². The largest absolute Gasteiger partial charge is 0.481 e. The van der Waals surface area contributed by atoms with E-state index in [1.165, 1.54) is 114 Å². The van der Waals surface area contributed by atoms with Crippen LogP contribution in [0.2, 0.25) is 0 Å². The van der Waals surface area contributed by atoms with Crippen molar-refractivity contribution >= 4 is 16.7 Å². The van der Waals surface area contributed by atoms with Crippen LogP contribution in [-0.2, 0) is 17.6 Å². The van der Waals surface area contributed by atoms with E-state index < -0.39 is 5.97 Å². The molecule has 0 bridgehead atoms. The van der Waals surface area contributed by atoms with Gasteiger partial charge in [-0.05, 0) is 47.6 Å². The summed E-state index contributed by atoms with van der Waals surface area (Å²) in [5.74, 6) is -0.833. The molecule has 0 aliphatic heterocycles. The average molecular weight is 441 g/mol. The summed E-state index contributed by atoms with van der Waals surface area (Å²) >= 11 is 0. The van der Waals surface area contributed by atoms with Gasteiger partial charge in [-0.25, -0.2) is 0 Å². The van der Waals surface area contributed by atoms with Gasteiger partial charge in [0.2, 0.25) is 0 Å². The van der Waals surface area contributed by atoms with Crippen molar-refractivity contribution in [3.05, 3.63) is 47.5 Å². The Balaban J connectivity index is 0.00000118. The molecular weight excluding hydrogens is 392 g/mol. The predicted octanol–water partition coefficient (Wildman–Crippen LogP) is 9.52. The number of carboxylic acid groups (broad SMARTS) is 1. The number of unbranched alkanes of at least 4 members (excludes halogenated alkanes) is 12. The van der Waals surface area contributed by atoms with Gasteiger partial charge >= 0.3 is 0 Å². The SMILES string of the molecule is CC(=O)O.CCCCCCCCCc1ccc2ccccc2c1CCCCCCCCC. The van der Waals surface area contributed by atoms with Crippen LogP contribution in [0.3, 0.4) is 0 Å². The van der Waals surface area contributed by atoms with E-state index in [1.807, 2.05) is 0 Å². The van der Waals surface area contributed by atoms with Gasteiger partial charge in [0, 0.05) is 6.92 Å². The third kappa shape index (κ3) is 12.9. The molecule has 0 saturated heterocycles. The lowest BCUT2D eigenvalue weighted by Gasteiger charge is -2.14. The number of aliphatic carboxylic acids is 1. The summed E-state index contributed by atoms with van der Waals surface area (Å²) in [7, 11) is 0. The summed E-state index contributed by atoms with van der Waals surface area (Å²) in [6, 6.07) is 13.8. The normalized spacial score (nSPS) is 10.7. The molecule has 0 heterocycles. The van der Waals surface area contributed by atoms with Crippen LogP contribution in [0.15, 0.2) is 36.4 Å². The van der Waals surface area contributed by atoms with E-state index in [4.69, 9.17) is 9.90 Å². The van der Waals surface area contributed by atoms with Crippen LogP contribution in [0.4, 0.5) is 0 Å². The van der Waals surface area contributed by atoms with Crippen molar-refractivity contribution in [3.63, 3.8) is 0 Å². The molecule has 0 fully saturated rings. The second-order valence-electron chi connectivity index (χ2n) is 9.19. The van der Waals surface area contributed by atoms with Gasteiger partial charge in [0.05, 0.1) is 0 Å². The molecule has 0 unspecified atom stereocenters. The van der Waals surface area contributed by atoms with Gasteiger partial charge in [-0.2, -0.15) is 0 Å². The van der Waals surface area contributed by atoms with Crippen molar-refractivity contribution in [2.45, 2.75) is 124 Å². The molecule has 0 saturated carbocycles. The van der Waals surface area contributed by atoms with Crippen LogP contribution >= 0.6 is 0 Å². The van der Waals surface area contributed by atoms with Crippen molar-refractivity contribution < 1.29 is 9.90 Å². The number of rotatable bonds is 16. The lowest BCUT2D eigenvalue weighted by atomic mass is 9.91. The monoisotopic (exact) mass is 440 g/mol. The van der Waals surface area contributed by atoms with Crippen molar-refractivity contribution in [2.24, 2.45) is 0 Å². The minimum atomic E-state index is -0.833. The molecule has 0 radical (unpaired) electrons. The predicted molar refractivity (Wildman–Crippen MR) is 141 cm³/mol. The molecule has 2 nitrogen and oxygen atoms in total. The van der Waals surface area contributed by atoms with E-state index in [0.29, 0.717) is 0 Å². The Morgan fingerprint density at radius 2 is 1.12 bits per heavy atom. The van der Waals surface area contributed by atoms with Gasteiger partial charge < -0.3 is 5.11 Å². The summed E-state index contributed by atoms with van der Waals surface area (Å²) in [6.07, 6.45) is 22.1. The van der Waals surface area contributed by atoms with Gasteiger partial charge in [0.15, 0.2) is 0 Å². The zero-order chi connectivity index (χ0) is 23.4. The highest BCUT2D eigenvalue weighted by atomic mass is 16.4. The van der Waals surface area contributed by atoms with E-state index in [0.717, 1.165) is 6.92 Å². The highest BCUT2D eigenvalue weighted by molar-refractivity contribution is 5.86. The van der Waals surface area contributed by atoms with Crippen molar-refractivity contribution in [2.75, 3.05) is 0 Å². The Hall–Kier alpha value is -1.83. The first-order valence-electron chi connectivity index (χ1n) is 13.3. The Labute approximate surface area is 197 Å². The molecule has 0 aromatic heterocycles. The lowest BCUT2D eigenvalue weighted by Crippen LogP contribution is -1.97. The molecule has 2 aromatic carbocycles. The van der Waals surface area contributed by atoms with E-state index in [2.05, 4.69) is 50.2 Å². The number of hydrogen-bond acceptors (Lipinski definition) is 1. The van der Waals surface area contributed by atoms with Crippen LogP contribution in [0.25, 0.3) is 10.8 Å². The first kappa shape index (κ1) is 28.2. The number of hydrogen-bond donors (Lipinski definition) is 1. The highest BCUT2D eigenvalue weighted by Gasteiger charge is 2.08. The van der Waals surface area contributed by atoms with Crippen molar-refractivity contribution in [1.82, 2.24) is 0 Å². The molecular formula is C30H48O2. The molecule has 2 heteroatoms. The first-order valence-corrected chi connectivity index (χ1v) is 13.3. The van der Waals surface area contributed by atoms with E-state index in [9.17, 15) is 0 Å². The minimum Gasteiger partial charge on any atom is -0.481 e.